The van der Waals surface area contributed by atoms with Gasteiger partial charge < -0.3 is 0 Å². The van der Waals surface area contributed by atoms with Gasteiger partial charge in [0.25, 0.3) is 0 Å². The van der Waals surface area contributed by atoms with Crippen molar-refractivity contribution in [3.63, 3.8) is 0 Å². The second-order valence-corrected chi connectivity index (χ2v) is 6.62. The molecule has 1 unspecified atom stereocenters. The number of nitrogens with zero attached hydrogens (tertiary/aromatic N) is 2. The van der Waals surface area contributed by atoms with Crippen molar-refractivity contribution in [3.05, 3.63) is 0 Å². The number of rotatable bonds is 3. The van der Waals surface area contributed by atoms with Crippen LogP contribution in [-0.4, -0.2) is 53.9 Å². The average Bonchev–Trinajstić information content (AvgIpc) is 2.70. The third kappa shape index (κ3) is 2.06. The van der Waals surface area contributed by atoms with Gasteiger partial charge in [0.1, 0.15) is 0 Å². The normalized spacial score (nSPS) is 34.7. The van der Waals surface area contributed by atoms with Crippen LogP contribution in [0.5, 0.6) is 0 Å². The summed E-state index contributed by atoms with van der Waals surface area (Å²) < 4.78 is 0. The van der Waals surface area contributed by atoms with Gasteiger partial charge in [-0.15, -0.1) is 0 Å². The van der Waals surface area contributed by atoms with E-state index in [0.29, 0.717) is 5.41 Å². The number of piperazine rings is 1. The molecule has 0 bridgehead atoms. The lowest BCUT2D eigenvalue weighted by molar-refractivity contribution is 0.0399. The fourth-order valence-electron chi connectivity index (χ4n) is 3.68. The summed E-state index contributed by atoms with van der Waals surface area (Å²) in [5, 5.41) is 1.21. The Labute approximate surface area is 107 Å². The van der Waals surface area contributed by atoms with E-state index in [1.807, 2.05) is 0 Å². The van der Waals surface area contributed by atoms with Crippen molar-refractivity contribution in [1.82, 2.24) is 9.80 Å². The maximum atomic E-state index is 3.73. The summed E-state index contributed by atoms with van der Waals surface area (Å²) in [4.78, 5) is 5.45. The molecule has 0 aromatic rings. The predicted molar refractivity (Wildman–Crippen MR) is 71.1 cm³/mol. The first kappa shape index (κ1) is 11.5. The van der Waals surface area contributed by atoms with Crippen molar-refractivity contribution < 1.29 is 0 Å². The van der Waals surface area contributed by atoms with Crippen molar-refractivity contribution in [2.45, 2.75) is 38.1 Å². The van der Waals surface area contributed by atoms with Gasteiger partial charge in [0.15, 0.2) is 0 Å². The van der Waals surface area contributed by atoms with Crippen LogP contribution in [0.3, 0.4) is 0 Å². The van der Waals surface area contributed by atoms with Gasteiger partial charge in [-0.2, -0.15) is 0 Å². The molecule has 3 rings (SSSR count). The highest BCUT2D eigenvalue weighted by Crippen LogP contribution is 2.43. The highest BCUT2D eigenvalue weighted by molar-refractivity contribution is 9.09. The Hall–Kier alpha value is 0.400. The maximum absolute atomic E-state index is 3.73. The van der Waals surface area contributed by atoms with Crippen LogP contribution in [0.15, 0.2) is 0 Å². The van der Waals surface area contributed by atoms with E-state index in [2.05, 4.69) is 25.7 Å². The Bertz CT molecular complexity index is 247. The number of alkyl halides is 1. The summed E-state index contributed by atoms with van der Waals surface area (Å²) in [7, 11) is 0. The van der Waals surface area contributed by atoms with Gasteiger partial charge in [0, 0.05) is 37.6 Å². The molecular weight excluding hydrogens is 264 g/mol. The van der Waals surface area contributed by atoms with Crippen LogP contribution in [0.1, 0.15) is 32.1 Å². The van der Waals surface area contributed by atoms with Crippen LogP contribution >= 0.6 is 15.9 Å². The molecule has 3 fully saturated rings. The lowest BCUT2D eigenvalue weighted by Gasteiger charge is -2.47. The minimum absolute atomic E-state index is 0.640. The molecule has 1 saturated carbocycles. The fraction of sp³-hybridized carbons (Fsp3) is 1.00. The van der Waals surface area contributed by atoms with Crippen LogP contribution in [0.2, 0.25) is 0 Å². The highest BCUT2D eigenvalue weighted by Gasteiger charge is 2.39. The van der Waals surface area contributed by atoms with E-state index in [1.54, 1.807) is 0 Å². The molecule has 3 aliphatic rings. The molecule has 0 spiro atoms. The third-order valence-corrected chi connectivity index (χ3v) is 6.12. The van der Waals surface area contributed by atoms with Gasteiger partial charge in [0.05, 0.1) is 0 Å². The number of halogens is 1. The van der Waals surface area contributed by atoms with Crippen molar-refractivity contribution in [1.29, 1.82) is 0 Å². The third-order valence-electron chi connectivity index (χ3n) is 4.93. The molecule has 0 aromatic carbocycles. The monoisotopic (exact) mass is 286 g/mol. The summed E-state index contributed by atoms with van der Waals surface area (Å²) >= 11 is 3.73. The van der Waals surface area contributed by atoms with E-state index in [0.717, 1.165) is 6.04 Å². The molecular formula is C13H23BrN2. The van der Waals surface area contributed by atoms with Gasteiger partial charge in [-0.3, -0.25) is 9.80 Å². The highest BCUT2D eigenvalue weighted by atomic mass is 79.9. The Morgan fingerprint density at radius 2 is 2.00 bits per heavy atom. The Morgan fingerprint density at radius 3 is 2.69 bits per heavy atom. The number of hydrogen-bond donors (Lipinski definition) is 0. The summed E-state index contributed by atoms with van der Waals surface area (Å²) in [5.41, 5.74) is 0.640. The minimum atomic E-state index is 0.640. The molecule has 2 nitrogen and oxygen atoms in total. The quantitative estimate of drug-likeness (QED) is 0.735. The molecule has 1 atom stereocenters. The summed E-state index contributed by atoms with van der Waals surface area (Å²) in [6.45, 7) is 6.69. The largest absolute Gasteiger partial charge is 0.300 e. The van der Waals surface area contributed by atoms with E-state index < -0.39 is 0 Å². The summed E-state index contributed by atoms with van der Waals surface area (Å²) in [5.74, 6) is 0. The van der Waals surface area contributed by atoms with E-state index >= 15 is 0 Å². The lowest BCUT2D eigenvalue weighted by Crippen LogP contribution is -2.54. The molecule has 0 N–H and O–H groups in total. The van der Waals surface area contributed by atoms with Gasteiger partial charge in [-0.05, 0) is 37.6 Å². The van der Waals surface area contributed by atoms with Crippen molar-refractivity contribution in [3.8, 4) is 0 Å². The second kappa shape index (κ2) is 4.58. The van der Waals surface area contributed by atoms with E-state index in [4.69, 9.17) is 0 Å². The van der Waals surface area contributed by atoms with Crippen molar-refractivity contribution >= 4 is 15.9 Å². The maximum Gasteiger partial charge on any atom is 0.0224 e. The minimum Gasteiger partial charge on any atom is -0.300 e. The Balaban J connectivity index is 1.56. The molecule has 1 aliphatic carbocycles. The standard InChI is InChI=1S/C13H23BrN2/c14-10-13(4-2-5-13)11-15-7-8-16-6-1-3-12(16)9-15/h12H,1-11H2. The molecule has 92 valence electrons. The zero-order valence-electron chi connectivity index (χ0n) is 10.1. The molecule has 2 aliphatic heterocycles. The molecule has 16 heavy (non-hydrogen) atoms. The average molecular weight is 287 g/mol. The van der Waals surface area contributed by atoms with Crippen molar-refractivity contribution in [2.75, 3.05) is 38.1 Å². The van der Waals surface area contributed by atoms with E-state index in [-0.39, 0.29) is 0 Å². The molecule has 0 amide bonds. The second-order valence-electron chi connectivity index (χ2n) is 6.05. The molecule has 0 radical (unpaired) electrons. The Kier molecular flexibility index (Phi) is 3.29. The first-order valence-electron chi connectivity index (χ1n) is 6.84. The zero-order chi connectivity index (χ0) is 11.0. The topological polar surface area (TPSA) is 6.48 Å². The van der Waals surface area contributed by atoms with Gasteiger partial charge >= 0.3 is 0 Å². The van der Waals surface area contributed by atoms with Gasteiger partial charge in [0.2, 0.25) is 0 Å². The molecule has 3 heteroatoms. The van der Waals surface area contributed by atoms with Crippen LogP contribution < -0.4 is 0 Å². The SMILES string of the molecule is BrCC1(CN2CCN3CCCC3C2)CCC1. The first-order valence-corrected chi connectivity index (χ1v) is 7.96. The molecule has 2 saturated heterocycles. The van der Waals surface area contributed by atoms with Gasteiger partial charge in [-0.25, -0.2) is 0 Å². The predicted octanol–water partition coefficient (Wildman–Crippen LogP) is 2.33. The number of fused-ring (bicyclic) bond motifs is 1. The van der Waals surface area contributed by atoms with E-state index in [1.165, 1.54) is 70.2 Å². The van der Waals surface area contributed by atoms with Crippen LogP contribution in [0, 0.1) is 5.41 Å². The molecule has 2 heterocycles. The fourth-order valence-corrected chi connectivity index (χ4v) is 4.42. The van der Waals surface area contributed by atoms with Crippen LogP contribution in [0.4, 0.5) is 0 Å². The van der Waals surface area contributed by atoms with E-state index in [9.17, 15) is 0 Å². The van der Waals surface area contributed by atoms with Gasteiger partial charge in [-0.1, -0.05) is 22.4 Å². The zero-order valence-corrected chi connectivity index (χ0v) is 11.7. The number of hydrogen-bond acceptors (Lipinski definition) is 2. The molecule has 0 aromatic heterocycles. The van der Waals surface area contributed by atoms with Crippen LogP contribution in [0.25, 0.3) is 0 Å². The summed E-state index contributed by atoms with van der Waals surface area (Å²) in [6.07, 6.45) is 7.22. The van der Waals surface area contributed by atoms with Crippen molar-refractivity contribution in [2.24, 2.45) is 5.41 Å². The first-order chi connectivity index (χ1) is 7.81. The smallest absolute Gasteiger partial charge is 0.0224 e. The lowest BCUT2D eigenvalue weighted by atomic mass is 9.70. The van der Waals surface area contributed by atoms with Crippen LogP contribution in [-0.2, 0) is 0 Å². The summed E-state index contributed by atoms with van der Waals surface area (Å²) in [6, 6.07) is 0.890. The Morgan fingerprint density at radius 1 is 1.12 bits per heavy atom.